The Morgan fingerprint density at radius 3 is 2.68 bits per heavy atom. The van der Waals surface area contributed by atoms with Crippen LogP contribution in [0.3, 0.4) is 0 Å². The molecule has 0 radical (unpaired) electrons. The van der Waals surface area contributed by atoms with Gasteiger partial charge >= 0.3 is 0 Å². The monoisotopic (exact) mass is 266 g/mol. The standard InChI is InChI=1S/C14H10N4S/c15-8-9-1-4-11(5-2-9)17-14-18-12-6-3-10(16)7-13(12)19-14/h1-7H,16H2,(H,17,18). The van der Waals surface area contributed by atoms with E-state index in [2.05, 4.69) is 16.4 Å². The maximum absolute atomic E-state index is 8.75. The van der Waals surface area contributed by atoms with Crippen LogP contribution in [0.1, 0.15) is 5.56 Å². The van der Waals surface area contributed by atoms with E-state index in [9.17, 15) is 0 Å². The Labute approximate surface area is 114 Å². The molecular formula is C14H10N4S. The Morgan fingerprint density at radius 2 is 1.95 bits per heavy atom. The van der Waals surface area contributed by atoms with E-state index in [1.165, 1.54) is 0 Å². The number of nitrogen functional groups attached to an aromatic ring is 1. The van der Waals surface area contributed by atoms with Crippen LogP contribution in [-0.2, 0) is 0 Å². The van der Waals surface area contributed by atoms with Crippen LogP contribution in [0.25, 0.3) is 10.2 Å². The number of nitrogens with zero attached hydrogens (tertiary/aromatic N) is 2. The van der Waals surface area contributed by atoms with Gasteiger partial charge in [0, 0.05) is 11.4 Å². The molecule has 0 aliphatic carbocycles. The fraction of sp³-hybridized carbons (Fsp3) is 0. The summed E-state index contributed by atoms with van der Waals surface area (Å²) in [6.07, 6.45) is 0. The van der Waals surface area contributed by atoms with Gasteiger partial charge < -0.3 is 11.1 Å². The molecular weight excluding hydrogens is 256 g/mol. The summed E-state index contributed by atoms with van der Waals surface area (Å²) < 4.78 is 1.05. The molecule has 0 atom stereocenters. The number of hydrogen-bond acceptors (Lipinski definition) is 5. The van der Waals surface area contributed by atoms with Crippen LogP contribution in [0.4, 0.5) is 16.5 Å². The van der Waals surface area contributed by atoms with E-state index in [0.29, 0.717) is 5.56 Å². The molecule has 0 fully saturated rings. The second-order valence-electron chi connectivity index (χ2n) is 4.06. The molecule has 3 aromatic rings. The van der Waals surface area contributed by atoms with Crippen LogP contribution in [0.2, 0.25) is 0 Å². The molecule has 3 rings (SSSR count). The summed E-state index contributed by atoms with van der Waals surface area (Å²) in [5, 5.41) is 12.8. The Balaban J connectivity index is 1.90. The minimum absolute atomic E-state index is 0.641. The van der Waals surface area contributed by atoms with Crippen molar-refractivity contribution in [3.8, 4) is 6.07 Å². The van der Waals surface area contributed by atoms with Crippen molar-refractivity contribution in [2.45, 2.75) is 0 Å². The Morgan fingerprint density at radius 1 is 1.16 bits per heavy atom. The molecule has 0 aliphatic rings. The highest BCUT2D eigenvalue weighted by molar-refractivity contribution is 7.22. The number of nitrogens with two attached hydrogens (primary N) is 1. The summed E-state index contributed by atoms with van der Waals surface area (Å²) in [5.41, 5.74) is 8.96. The first-order valence-corrected chi connectivity index (χ1v) is 6.49. The van der Waals surface area contributed by atoms with Gasteiger partial charge in [-0.1, -0.05) is 11.3 Å². The molecule has 3 N–H and O–H groups in total. The van der Waals surface area contributed by atoms with Gasteiger partial charge in [-0.25, -0.2) is 4.98 Å². The second kappa shape index (κ2) is 4.59. The molecule has 1 heterocycles. The lowest BCUT2D eigenvalue weighted by molar-refractivity contribution is 1.43. The lowest BCUT2D eigenvalue weighted by Crippen LogP contribution is -1.88. The minimum atomic E-state index is 0.641. The van der Waals surface area contributed by atoms with Crippen molar-refractivity contribution >= 4 is 38.1 Å². The third-order valence-corrected chi connectivity index (χ3v) is 3.61. The summed E-state index contributed by atoms with van der Waals surface area (Å²) in [7, 11) is 0. The summed E-state index contributed by atoms with van der Waals surface area (Å²) in [4.78, 5) is 4.48. The normalized spacial score (nSPS) is 10.3. The zero-order valence-electron chi connectivity index (χ0n) is 9.92. The predicted octanol–water partition coefficient (Wildman–Crippen LogP) is 3.49. The van der Waals surface area contributed by atoms with Crippen molar-refractivity contribution in [3.63, 3.8) is 0 Å². The predicted molar refractivity (Wildman–Crippen MR) is 78.5 cm³/mol. The van der Waals surface area contributed by atoms with E-state index in [0.717, 1.165) is 26.7 Å². The largest absolute Gasteiger partial charge is 0.399 e. The molecule has 0 bridgehead atoms. The SMILES string of the molecule is N#Cc1ccc(Nc2nc3ccc(N)cc3s2)cc1. The molecule has 0 spiro atoms. The number of nitriles is 1. The molecule has 0 unspecified atom stereocenters. The van der Waals surface area contributed by atoms with Crippen LogP contribution in [0.15, 0.2) is 42.5 Å². The molecule has 0 saturated heterocycles. The van der Waals surface area contributed by atoms with Crippen molar-refractivity contribution in [2.24, 2.45) is 0 Å². The highest BCUT2D eigenvalue weighted by atomic mass is 32.1. The lowest BCUT2D eigenvalue weighted by Gasteiger charge is -2.01. The Hall–Kier alpha value is -2.58. The first kappa shape index (κ1) is 11.5. The van der Waals surface area contributed by atoms with Gasteiger partial charge in [-0.2, -0.15) is 5.26 Å². The quantitative estimate of drug-likeness (QED) is 0.696. The molecule has 2 aromatic carbocycles. The summed E-state index contributed by atoms with van der Waals surface area (Å²) in [5.74, 6) is 0. The van der Waals surface area contributed by atoms with E-state index in [4.69, 9.17) is 11.0 Å². The third kappa shape index (κ3) is 2.34. The first-order chi connectivity index (χ1) is 9.24. The zero-order valence-corrected chi connectivity index (χ0v) is 10.7. The van der Waals surface area contributed by atoms with E-state index < -0.39 is 0 Å². The van der Waals surface area contributed by atoms with Crippen LogP contribution in [0.5, 0.6) is 0 Å². The van der Waals surface area contributed by atoms with Gasteiger partial charge in [0.25, 0.3) is 0 Å². The Bertz CT molecular complexity index is 768. The number of benzene rings is 2. The van der Waals surface area contributed by atoms with Gasteiger partial charge in [-0.3, -0.25) is 0 Å². The fourth-order valence-corrected chi connectivity index (χ4v) is 2.68. The summed E-state index contributed by atoms with van der Waals surface area (Å²) in [6, 6.07) is 15.0. The van der Waals surface area contributed by atoms with Crippen molar-refractivity contribution in [1.29, 1.82) is 5.26 Å². The fourth-order valence-electron chi connectivity index (χ4n) is 1.75. The van der Waals surface area contributed by atoms with Crippen molar-refractivity contribution in [3.05, 3.63) is 48.0 Å². The van der Waals surface area contributed by atoms with E-state index in [1.807, 2.05) is 30.3 Å². The molecule has 19 heavy (non-hydrogen) atoms. The van der Waals surface area contributed by atoms with Crippen molar-refractivity contribution in [2.75, 3.05) is 11.1 Å². The number of nitrogens with one attached hydrogen (secondary N) is 1. The number of hydrogen-bond donors (Lipinski definition) is 2. The highest BCUT2D eigenvalue weighted by Gasteiger charge is 2.04. The second-order valence-corrected chi connectivity index (χ2v) is 5.09. The molecule has 0 saturated carbocycles. The van der Waals surface area contributed by atoms with E-state index in [1.54, 1.807) is 23.5 Å². The van der Waals surface area contributed by atoms with Gasteiger partial charge in [0.15, 0.2) is 5.13 Å². The molecule has 1 aromatic heterocycles. The third-order valence-electron chi connectivity index (χ3n) is 2.68. The molecule has 92 valence electrons. The van der Waals surface area contributed by atoms with Gasteiger partial charge in [-0.05, 0) is 42.5 Å². The zero-order chi connectivity index (χ0) is 13.2. The molecule has 4 nitrogen and oxygen atoms in total. The molecule has 0 aliphatic heterocycles. The van der Waals surface area contributed by atoms with Gasteiger partial charge in [0.05, 0.1) is 21.8 Å². The van der Waals surface area contributed by atoms with Crippen molar-refractivity contribution < 1.29 is 0 Å². The Kier molecular flexibility index (Phi) is 2.78. The van der Waals surface area contributed by atoms with Gasteiger partial charge in [-0.15, -0.1) is 0 Å². The maximum Gasteiger partial charge on any atom is 0.188 e. The number of rotatable bonds is 2. The average Bonchev–Trinajstić information content (AvgIpc) is 2.81. The number of thiazole rings is 1. The number of anilines is 3. The topological polar surface area (TPSA) is 74.7 Å². The summed E-state index contributed by atoms with van der Waals surface area (Å²) in [6.45, 7) is 0. The smallest absolute Gasteiger partial charge is 0.188 e. The summed E-state index contributed by atoms with van der Waals surface area (Å²) >= 11 is 1.55. The van der Waals surface area contributed by atoms with Crippen molar-refractivity contribution in [1.82, 2.24) is 4.98 Å². The van der Waals surface area contributed by atoms with Crippen LogP contribution < -0.4 is 11.1 Å². The van der Waals surface area contributed by atoms with Crippen LogP contribution in [-0.4, -0.2) is 4.98 Å². The highest BCUT2D eigenvalue weighted by Crippen LogP contribution is 2.29. The van der Waals surface area contributed by atoms with Gasteiger partial charge in [0.2, 0.25) is 0 Å². The van der Waals surface area contributed by atoms with E-state index in [-0.39, 0.29) is 0 Å². The van der Waals surface area contributed by atoms with Crippen LogP contribution in [0, 0.1) is 11.3 Å². The molecule has 5 heteroatoms. The van der Waals surface area contributed by atoms with Gasteiger partial charge in [0.1, 0.15) is 0 Å². The molecule has 0 amide bonds. The number of fused-ring (bicyclic) bond motifs is 1. The van der Waals surface area contributed by atoms with Crippen LogP contribution >= 0.6 is 11.3 Å². The maximum atomic E-state index is 8.75. The van der Waals surface area contributed by atoms with E-state index >= 15 is 0 Å². The number of aromatic nitrogens is 1. The average molecular weight is 266 g/mol. The first-order valence-electron chi connectivity index (χ1n) is 5.68. The minimum Gasteiger partial charge on any atom is -0.399 e. The lowest BCUT2D eigenvalue weighted by atomic mass is 10.2.